The van der Waals surface area contributed by atoms with Crippen molar-refractivity contribution >= 4 is 27.5 Å². The molecule has 0 aliphatic heterocycles. The maximum Gasteiger partial charge on any atom is 0.255 e. The quantitative estimate of drug-likeness (QED) is 0.705. The van der Waals surface area contributed by atoms with Gasteiger partial charge in [0.2, 0.25) is 10.0 Å². The molecule has 0 radical (unpaired) electrons. The van der Waals surface area contributed by atoms with E-state index in [2.05, 4.69) is 15.4 Å². The molecular weight excluding hydrogens is 366 g/mol. The zero-order chi connectivity index (χ0) is 19.6. The van der Waals surface area contributed by atoms with Gasteiger partial charge >= 0.3 is 0 Å². The molecule has 1 aliphatic rings. The van der Waals surface area contributed by atoms with Gasteiger partial charge < -0.3 is 10.6 Å². The van der Waals surface area contributed by atoms with Crippen LogP contribution in [0.5, 0.6) is 0 Å². The van der Waals surface area contributed by atoms with Crippen LogP contribution in [-0.4, -0.2) is 33.3 Å². The molecule has 0 bridgehead atoms. The van der Waals surface area contributed by atoms with E-state index < -0.39 is 15.9 Å². The molecule has 1 aliphatic carbocycles. The van der Waals surface area contributed by atoms with Gasteiger partial charge in [0.25, 0.3) is 11.8 Å². The molecule has 0 spiro atoms. The lowest BCUT2D eigenvalue weighted by molar-refractivity contribution is 0.0949. The maximum absolute atomic E-state index is 12.6. The highest BCUT2D eigenvalue weighted by Gasteiger charge is 2.24. The molecule has 2 aromatic rings. The molecule has 142 valence electrons. The van der Waals surface area contributed by atoms with E-state index in [-0.39, 0.29) is 22.4 Å². The van der Waals surface area contributed by atoms with Gasteiger partial charge in [0.1, 0.15) is 0 Å². The summed E-state index contributed by atoms with van der Waals surface area (Å²) in [6, 6.07) is 11.2. The van der Waals surface area contributed by atoms with Crippen molar-refractivity contribution in [2.45, 2.75) is 30.7 Å². The van der Waals surface area contributed by atoms with Crippen molar-refractivity contribution in [1.82, 2.24) is 10.0 Å². The summed E-state index contributed by atoms with van der Waals surface area (Å²) in [5, 5.41) is 5.62. The smallest absolute Gasteiger partial charge is 0.255 e. The van der Waals surface area contributed by atoms with Crippen LogP contribution in [0, 0.1) is 6.92 Å². The third-order valence-electron chi connectivity index (χ3n) is 4.33. The molecule has 3 rings (SSSR count). The molecule has 0 atom stereocenters. The van der Waals surface area contributed by atoms with Crippen LogP contribution in [0.3, 0.4) is 0 Å². The molecule has 8 heteroatoms. The van der Waals surface area contributed by atoms with Gasteiger partial charge in [0.05, 0.1) is 4.90 Å². The number of anilines is 1. The minimum Gasteiger partial charge on any atom is -0.349 e. The van der Waals surface area contributed by atoms with Crippen molar-refractivity contribution in [2.24, 2.45) is 0 Å². The molecule has 0 aromatic heterocycles. The Bertz CT molecular complexity index is 998. The molecule has 2 amide bonds. The fraction of sp³-hybridized carbons (Fsp3) is 0.263. The first-order valence-corrected chi connectivity index (χ1v) is 10.0. The van der Waals surface area contributed by atoms with E-state index >= 15 is 0 Å². The Morgan fingerprint density at radius 1 is 1.04 bits per heavy atom. The fourth-order valence-electron chi connectivity index (χ4n) is 2.56. The number of hydrogen-bond donors (Lipinski definition) is 3. The highest BCUT2D eigenvalue weighted by Crippen LogP contribution is 2.21. The van der Waals surface area contributed by atoms with E-state index in [1.807, 2.05) is 0 Å². The SMILES string of the molecule is CNS(=O)(=O)c1ccc(C)c(C(=O)Nc2cccc(C(=O)NC3CC3)c2)c1. The zero-order valence-corrected chi connectivity index (χ0v) is 15.9. The molecule has 1 saturated carbocycles. The van der Waals surface area contributed by atoms with Crippen LogP contribution < -0.4 is 15.4 Å². The van der Waals surface area contributed by atoms with Crippen molar-refractivity contribution in [3.05, 3.63) is 59.2 Å². The van der Waals surface area contributed by atoms with Crippen molar-refractivity contribution in [1.29, 1.82) is 0 Å². The summed E-state index contributed by atoms with van der Waals surface area (Å²) in [7, 11) is -2.34. The van der Waals surface area contributed by atoms with Crippen molar-refractivity contribution in [3.8, 4) is 0 Å². The lowest BCUT2D eigenvalue weighted by Crippen LogP contribution is -2.25. The second kappa shape index (κ2) is 7.50. The van der Waals surface area contributed by atoms with E-state index in [1.165, 1.54) is 19.2 Å². The largest absolute Gasteiger partial charge is 0.349 e. The van der Waals surface area contributed by atoms with E-state index in [4.69, 9.17) is 0 Å². The van der Waals surface area contributed by atoms with Crippen LogP contribution in [0.25, 0.3) is 0 Å². The second-order valence-electron chi connectivity index (χ2n) is 6.47. The van der Waals surface area contributed by atoms with Gasteiger partial charge in [-0.25, -0.2) is 13.1 Å². The Labute approximate surface area is 158 Å². The Morgan fingerprint density at radius 3 is 2.44 bits per heavy atom. The molecule has 7 nitrogen and oxygen atoms in total. The first-order valence-electron chi connectivity index (χ1n) is 8.56. The summed E-state index contributed by atoms with van der Waals surface area (Å²) in [6.07, 6.45) is 1.99. The van der Waals surface area contributed by atoms with Gasteiger partial charge in [0, 0.05) is 22.9 Å². The zero-order valence-electron chi connectivity index (χ0n) is 15.1. The Balaban J connectivity index is 1.81. The van der Waals surface area contributed by atoms with E-state index in [0.717, 1.165) is 12.8 Å². The normalized spacial score (nSPS) is 13.9. The van der Waals surface area contributed by atoms with E-state index in [1.54, 1.807) is 37.3 Å². The number of carbonyl (C=O) groups is 2. The highest BCUT2D eigenvalue weighted by molar-refractivity contribution is 7.89. The van der Waals surface area contributed by atoms with Crippen LogP contribution in [0.15, 0.2) is 47.4 Å². The Hall–Kier alpha value is -2.71. The molecular formula is C19H21N3O4S. The Kier molecular flexibility index (Phi) is 5.29. The lowest BCUT2D eigenvalue weighted by Gasteiger charge is -2.11. The molecule has 27 heavy (non-hydrogen) atoms. The monoisotopic (exact) mass is 387 g/mol. The molecule has 0 saturated heterocycles. The van der Waals surface area contributed by atoms with Crippen LogP contribution in [0.4, 0.5) is 5.69 Å². The van der Waals surface area contributed by atoms with Crippen LogP contribution in [-0.2, 0) is 10.0 Å². The predicted octanol–water partition coefficient (Wildman–Crippen LogP) is 2.05. The predicted molar refractivity (Wildman–Crippen MR) is 102 cm³/mol. The first kappa shape index (κ1) is 19.1. The number of carbonyl (C=O) groups excluding carboxylic acids is 2. The topological polar surface area (TPSA) is 104 Å². The summed E-state index contributed by atoms with van der Waals surface area (Å²) < 4.78 is 26.2. The summed E-state index contributed by atoms with van der Waals surface area (Å²) in [6.45, 7) is 1.73. The van der Waals surface area contributed by atoms with Crippen LogP contribution in [0.2, 0.25) is 0 Å². The van der Waals surface area contributed by atoms with Gasteiger partial charge in [-0.2, -0.15) is 0 Å². The number of amides is 2. The number of benzene rings is 2. The fourth-order valence-corrected chi connectivity index (χ4v) is 3.32. The van der Waals surface area contributed by atoms with Crippen molar-refractivity contribution in [2.75, 3.05) is 12.4 Å². The summed E-state index contributed by atoms with van der Waals surface area (Å²) in [5.41, 5.74) is 1.82. The Morgan fingerprint density at radius 2 is 1.78 bits per heavy atom. The first-order chi connectivity index (χ1) is 12.8. The molecule has 3 N–H and O–H groups in total. The standard InChI is InChI=1S/C19H21N3O4S/c1-12-6-9-16(27(25,26)20-2)11-17(12)19(24)22-15-5-3-4-13(10-15)18(23)21-14-7-8-14/h3-6,9-11,14,20H,7-8H2,1-2H3,(H,21,23)(H,22,24). The number of sulfonamides is 1. The maximum atomic E-state index is 12.6. The molecule has 0 heterocycles. The van der Waals surface area contributed by atoms with Crippen molar-refractivity contribution in [3.63, 3.8) is 0 Å². The van der Waals surface area contributed by atoms with E-state index in [0.29, 0.717) is 16.8 Å². The average Bonchev–Trinajstić information content (AvgIpc) is 3.46. The van der Waals surface area contributed by atoms with Crippen LogP contribution >= 0.6 is 0 Å². The molecule has 2 aromatic carbocycles. The van der Waals surface area contributed by atoms with Crippen LogP contribution in [0.1, 0.15) is 39.1 Å². The summed E-state index contributed by atoms with van der Waals surface area (Å²) in [4.78, 5) is 24.8. The number of rotatable bonds is 6. The number of nitrogens with one attached hydrogen (secondary N) is 3. The second-order valence-corrected chi connectivity index (χ2v) is 8.35. The third kappa shape index (κ3) is 4.53. The van der Waals surface area contributed by atoms with Gasteiger partial charge in [-0.05, 0) is 62.7 Å². The number of aryl methyl sites for hydroxylation is 1. The number of hydrogen-bond acceptors (Lipinski definition) is 4. The van der Waals surface area contributed by atoms with Gasteiger partial charge in [-0.1, -0.05) is 12.1 Å². The van der Waals surface area contributed by atoms with Crippen molar-refractivity contribution < 1.29 is 18.0 Å². The average molecular weight is 387 g/mol. The summed E-state index contributed by atoms with van der Waals surface area (Å²) >= 11 is 0. The minimum atomic E-state index is -3.65. The third-order valence-corrected chi connectivity index (χ3v) is 5.74. The van der Waals surface area contributed by atoms with Gasteiger partial charge in [-0.15, -0.1) is 0 Å². The molecule has 0 unspecified atom stereocenters. The van der Waals surface area contributed by atoms with Gasteiger partial charge in [0.15, 0.2) is 0 Å². The van der Waals surface area contributed by atoms with Gasteiger partial charge in [-0.3, -0.25) is 9.59 Å². The minimum absolute atomic E-state index is 0.0123. The lowest BCUT2D eigenvalue weighted by atomic mass is 10.1. The summed E-state index contributed by atoms with van der Waals surface area (Å²) in [5.74, 6) is -0.618. The van der Waals surface area contributed by atoms with E-state index in [9.17, 15) is 18.0 Å². The highest BCUT2D eigenvalue weighted by atomic mass is 32.2. The molecule has 1 fully saturated rings.